The number of nitrogens with zero attached hydrogens (tertiary/aromatic N) is 2. The van der Waals surface area contributed by atoms with Crippen molar-refractivity contribution >= 4 is 5.91 Å². The highest BCUT2D eigenvalue weighted by Crippen LogP contribution is 2.33. The number of hydrogen-bond acceptors (Lipinski definition) is 4. The van der Waals surface area contributed by atoms with E-state index in [2.05, 4.69) is 4.98 Å². The lowest BCUT2D eigenvalue weighted by Gasteiger charge is -2.43. The molecule has 5 nitrogen and oxygen atoms in total. The molecule has 22 heavy (non-hydrogen) atoms. The van der Waals surface area contributed by atoms with Crippen LogP contribution >= 0.6 is 0 Å². The van der Waals surface area contributed by atoms with Crippen LogP contribution in [0.2, 0.25) is 0 Å². The van der Waals surface area contributed by atoms with E-state index in [9.17, 15) is 4.79 Å². The Morgan fingerprint density at radius 2 is 2.32 bits per heavy atom. The van der Waals surface area contributed by atoms with Crippen LogP contribution in [-0.4, -0.2) is 48.2 Å². The van der Waals surface area contributed by atoms with Crippen molar-refractivity contribution in [3.05, 3.63) is 24.0 Å². The molecule has 0 radical (unpaired) electrons. The fourth-order valence-corrected chi connectivity index (χ4v) is 3.17. The number of morpholine rings is 1. The third kappa shape index (κ3) is 3.40. The molecule has 1 atom stereocenters. The summed E-state index contributed by atoms with van der Waals surface area (Å²) < 4.78 is 11.0. The molecule has 0 N–H and O–H groups in total. The van der Waals surface area contributed by atoms with Crippen molar-refractivity contribution in [2.75, 3.05) is 26.4 Å². The second kappa shape index (κ2) is 7.09. The number of amides is 1. The summed E-state index contributed by atoms with van der Waals surface area (Å²) in [6.45, 7) is 4.60. The van der Waals surface area contributed by atoms with Gasteiger partial charge in [0.25, 0.3) is 0 Å². The molecular formula is C17H24N2O3. The molecular weight excluding hydrogens is 280 g/mol. The molecule has 1 saturated carbocycles. The molecule has 0 spiro atoms. The van der Waals surface area contributed by atoms with Crippen molar-refractivity contribution in [2.24, 2.45) is 5.92 Å². The van der Waals surface area contributed by atoms with Gasteiger partial charge in [0.05, 0.1) is 38.5 Å². The highest BCUT2D eigenvalue weighted by atomic mass is 16.5. The number of pyridine rings is 1. The first kappa shape index (κ1) is 15.3. The molecule has 0 bridgehead atoms. The zero-order chi connectivity index (χ0) is 15.4. The summed E-state index contributed by atoms with van der Waals surface area (Å²) in [5.74, 6) is 1.53. The first-order valence-electron chi connectivity index (χ1n) is 8.23. The Bertz CT molecular complexity index is 499. The quantitative estimate of drug-likeness (QED) is 0.835. The average molecular weight is 304 g/mol. The van der Waals surface area contributed by atoms with Crippen molar-refractivity contribution < 1.29 is 14.3 Å². The average Bonchev–Trinajstić information content (AvgIpc) is 2.48. The molecule has 2 aliphatic rings. The van der Waals surface area contributed by atoms with Crippen molar-refractivity contribution in [3.8, 4) is 5.75 Å². The predicted molar refractivity (Wildman–Crippen MR) is 82.8 cm³/mol. The largest absolute Gasteiger partial charge is 0.492 e. The molecule has 1 aliphatic heterocycles. The minimum atomic E-state index is 0.164. The molecule has 2 heterocycles. The lowest BCUT2D eigenvalue weighted by molar-refractivity contribution is -0.143. The van der Waals surface area contributed by atoms with Gasteiger partial charge in [-0.25, -0.2) is 0 Å². The summed E-state index contributed by atoms with van der Waals surface area (Å²) in [4.78, 5) is 19.0. The van der Waals surface area contributed by atoms with Gasteiger partial charge in [0.15, 0.2) is 0 Å². The van der Waals surface area contributed by atoms with E-state index in [-0.39, 0.29) is 11.9 Å². The van der Waals surface area contributed by atoms with Crippen LogP contribution in [0.3, 0.4) is 0 Å². The van der Waals surface area contributed by atoms with Gasteiger partial charge in [0.2, 0.25) is 5.91 Å². The van der Waals surface area contributed by atoms with E-state index < -0.39 is 0 Å². The van der Waals surface area contributed by atoms with E-state index in [0.717, 1.165) is 11.4 Å². The monoisotopic (exact) mass is 304 g/mol. The summed E-state index contributed by atoms with van der Waals surface area (Å²) in [5.41, 5.74) is 0.798. The topological polar surface area (TPSA) is 51.7 Å². The number of carbonyl (C=O) groups is 1. The maximum atomic E-state index is 12.6. The fraction of sp³-hybridized carbons (Fsp3) is 0.647. The number of carbonyl (C=O) groups excluding carboxylic acids is 1. The third-order valence-corrected chi connectivity index (χ3v) is 4.62. The molecule has 1 aromatic heterocycles. The molecule has 3 rings (SSSR count). The van der Waals surface area contributed by atoms with Crippen LogP contribution in [0.15, 0.2) is 18.3 Å². The summed E-state index contributed by atoms with van der Waals surface area (Å²) in [5, 5.41) is 0. The number of ether oxygens (including phenoxy) is 2. The smallest absolute Gasteiger partial charge is 0.229 e. The van der Waals surface area contributed by atoms with Crippen molar-refractivity contribution in [1.82, 2.24) is 9.88 Å². The highest BCUT2D eigenvalue weighted by Gasteiger charge is 2.36. The Hall–Kier alpha value is -1.62. The first-order valence-corrected chi connectivity index (χ1v) is 8.23. The SMILES string of the molecule is CCOc1ccc(CC(=O)N2CCOCC2C2CCC2)nc1. The van der Waals surface area contributed by atoms with E-state index >= 15 is 0 Å². The van der Waals surface area contributed by atoms with Crippen LogP contribution < -0.4 is 4.74 Å². The molecule has 2 fully saturated rings. The maximum absolute atomic E-state index is 12.6. The van der Waals surface area contributed by atoms with E-state index in [1.54, 1.807) is 6.20 Å². The van der Waals surface area contributed by atoms with Gasteiger partial charge in [-0.1, -0.05) is 6.42 Å². The second-order valence-corrected chi connectivity index (χ2v) is 6.02. The molecule has 120 valence electrons. The van der Waals surface area contributed by atoms with Crippen molar-refractivity contribution in [2.45, 2.75) is 38.6 Å². The van der Waals surface area contributed by atoms with Gasteiger partial charge in [-0.05, 0) is 37.8 Å². The van der Waals surface area contributed by atoms with Gasteiger partial charge in [0.1, 0.15) is 5.75 Å². The Balaban J connectivity index is 1.61. The summed E-state index contributed by atoms with van der Waals surface area (Å²) in [6.07, 6.45) is 5.77. The maximum Gasteiger partial charge on any atom is 0.229 e. The van der Waals surface area contributed by atoms with E-state index in [1.807, 2.05) is 24.0 Å². The molecule has 1 saturated heterocycles. The molecule has 1 unspecified atom stereocenters. The van der Waals surface area contributed by atoms with Gasteiger partial charge in [0, 0.05) is 12.2 Å². The second-order valence-electron chi connectivity index (χ2n) is 6.02. The molecule has 1 amide bonds. The van der Waals surface area contributed by atoms with Crippen LogP contribution in [0.4, 0.5) is 0 Å². The van der Waals surface area contributed by atoms with Gasteiger partial charge in [-0.15, -0.1) is 0 Å². The lowest BCUT2D eigenvalue weighted by atomic mass is 9.79. The van der Waals surface area contributed by atoms with Gasteiger partial charge >= 0.3 is 0 Å². The molecule has 5 heteroatoms. The number of rotatable bonds is 5. The predicted octanol–water partition coefficient (Wildman–Crippen LogP) is 2.05. The normalized spacial score (nSPS) is 22.2. The van der Waals surface area contributed by atoms with E-state index in [1.165, 1.54) is 19.3 Å². The number of hydrogen-bond donors (Lipinski definition) is 0. The Morgan fingerprint density at radius 1 is 1.45 bits per heavy atom. The minimum absolute atomic E-state index is 0.164. The van der Waals surface area contributed by atoms with Crippen molar-refractivity contribution in [3.63, 3.8) is 0 Å². The number of aromatic nitrogens is 1. The van der Waals surface area contributed by atoms with Crippen molar-refractivity contribution in [1.29, 1.82) is 0 Å². The van der Waals surface area contributed by atoms with Gasteiger partial charge in [-0.2, -0.15) is 0 Å². The van der Waals surface area contributed by atoms with Crippen LogP contribution in [0.5, 0.6) is 5.75 Å². The van der Waals surface area contributed by atoms with Gasteiger partial charge in [-0.3, -0.25) is 9.78 Å². The lowest BCUT2D eigenvalue weighted by Crippen LogP contribution is -2.54. The molecule has 0 aromatic carbocycles. The van der Waals surface area contributed by atoms with Crippen LogP contribution in [0.1, 0.15) is 31.9 Å². The standard InChI is InChI=1S/C17H24N2O3/c1-2-22-15-7-6-14(18-11-15)10-17(20)19-8-9-21-12-16(19)13-4-3-5-13/h6-7,11,13,16H,2-5,8-10,12H2,1H3. The summed E-state index contributed by atoms with van der Waals surface area (Å²) >= 11 is 0. The first-order chi connectivity index (χ1) is 10.8. The summed E-state index contributed by atoms with van der Waals surface area (Å²) in [7, 11) is 0. The van der Waals surface area contributed by atoms with E-state index in [0.29, 0.717) is 38.7 Å². The zero-order valence-corrected chi connectivity index (χ0v) is 13.2. The fourth-order valence-electron chi connectivity index (χ4n) is 3.17. The minimum Gasteiger partial charge on any atom is -0.492 e. The Kier molecular flexibility index (Phi) is 4.93. The summed E-state index contributed by atoms with van der Waals surface area (Å²) in [6, 6.07) is 4.02. The Morgan fingerprint density at radius 3 is 2.95 bits per heavy atom. The molecule has 1 aromatic rings. The molecule has 1 aliphatic carbocycles. The van der Waals surface area contributed by atoms with Gasteiger partial charge < -0.3 is 14.4 Å². The van der Waals surface area contributed by atoms with Crippen LogP contribution in [0.25, 0.3) is 0 Å². The van der Waals surface area contributed by atoms with Crippen LogP contribution in [-0.2, 0) is 16.0 Å². The zero-order valence-electron chi connectivity index (χ0n) is 13.2. The Labute approximate surface area is 131 Å². The third-order valence-electron chi connectivity index (χ3n) is 4.62. The highest BCUT2D eigenvalue weighted by molar-refractivity contribution is 5.78. The van der Waals surface area contributed by atoms with Crippen LogP contribution in [0, 0.1) is 5.92 Å². The van der Waals surface area contributed by atoms with E-state index in [4.69, 9.17) is 9.47 Å².